The van der Waals surface area contributed by atoms with Gasteiger partial charge in [-0.2, -0.15) is 5.26 Å². The maximum atomic E-state index is 8.75. The highest BCUT2D eigenvalue weighted by Gasteiger charge is 2.04. The number of nitriles is 1. The first-order chi connectivity index (χ1) is 8.71. The van der Waals surface area contributed by atoms with Crippen molar-refractivity contribution in [2.75, 3.05) is 13.7 Å². The highest BCUT2D eigenvalue weighted by molar-refractivity contribution is 5.60. The van der Waals surface area contributed by atoms with Crippen molar-refractivity contribution >= 4 is 6.08 Å². The number of unbranched alkanes of at least 4 members (excludes halogenated alkanes) is 1. The van der Waals surface area contributed by atoms with Crippen molar-refractivity contribution in [3.8, 4) is 17.6 Å². The van der Waals surface area contributed by atoms with E-state index in [1.807, 2.05) is 24.3 Å². The molecule has 0 unspecified atom stereocenters. The summed E-state index contributed by atoms with van der Waals surface area (Å²) in [6.07, 6.45) is 3.95. The number of hydrogen-bond donors (Lipinski definition) is 0. The lowest BCUT2D eigenvalue weighted by atomic mass is 10.1. The number of benzene rings is 1. The Balaban J connectivity index is 2.87. The second kappa shape index (κ2) is 7.39. The minimum atomic E-state index is 0.664. The van der Waals surface area contributed by atoms with Gasteiger partial charge in [0.2, 0.25) is 0 Å². The Hall–Kier alpha value is -1.95. The molecule has 3 nitrogen and oxygen atoms in total. The third-order valence-corrected chi connectivity index (χ3v) is 2.50. The van der Waals surface area contributed by atoms with Crippen LogP contribution in [0.15, 0.2) is 23.8 Å². The average Bonchev–Trinajstić information content (AvgIpc) is 2.40. The molecule has 0 aliphatic rings. The van der Waals surface area contributed by atoms with Gasteiger partial charge < -0.3 is 9.47 Å². The third-order valence-electron chi connectivity index (χ3n) is 2.50. The summed E-state index contributed by atoms with van der Waals surface area (Å²) < 4.78 is 10.9. The minimum Gasteiger partial charge on any atom is -0.493 e. The average molecular weight is 245 g/mol. The number of methoxy groups -OCH3 is 1. The molecule has 0 fully saturated rings. The molecule has 0 spiro atoms. The largest absolute Gasteiger partial charge is 0.493 e. The molecule has 0 aromatic heterocycles. The van der Waals surface area contributed by atoms with Crippen molar-refractivity contribution in [3.05, 3.63) is 29.3 Å². The molecule has 0 radical (unpaired) electrons. The second-order valence-electron chi connectivity index (χ2n) is 4.05. The molecule has 1 rings (SSSR count). The van der Waals surface area contributed by atoms with Gasteiger partial charge in [0.25, 0.3) is 0 Å². The summed E-state index contributed by atoms with van der Waals surface area (Å²) in [5.74, 6) is 1.45. The van der Waals surface area contributed by atoms with Crippen molar-refractivity contribution < 1.29 is 9.47 Å². The van der Waals surface area contributed by atoms with Gasteiger partial charge in [-0.25, -0.2) is 0 Å². The first-order valence-corrected chi connectivity index (χ1v) is 6.10. The second-order valence-corrected chi connectivity index (χ2v) is 4.05. The molecular formula is C15H19NO2. The SMILES string of the molecule is CCCCOc1ccc(/C=C(/C)C#N)cc1OC. The van der Waals surface area contributed by atoms with Crippen LogP contribution in [0.3, 0.4) is 0 Å². The molecule has 0 atom stereocenters. The van der Waals surface area contributed by atoms with Gasteiger partial charge in [0, 0.05) is 5.57 Å². The molecule has 0 heterocycles. The standard InChI is InChI=1S/C15H19NO2/c1-4-5-8-18-14-7-6-13(9-12(2)11-16)10-15(14)17-3/h6-7,9-10H,4-5,8H2,1-3H3/b12-9-. The molecule has 96 valence electrons. The van der Waals surface area contributed by atoms with Crippen LogP contribution in [0.5, 0.6) is 11.5 Å². The maximum Gasteiger partial charge on any atom is 0.161 e. The van der Waals surface area contributed by atoms with Crippen LogP contribution in [0.25, 0.3) is 6.08 Å². The van der Waals surface area contributed by atoms with E-state index in [1.54, 1.807) is 14.0 Å². The number of hydrogen-bond acceptors (Lipinski definition) is 3. The number of nitrogens with zero attached hydrogens (tertiary/aromatic N) is 1. The van der Waals surface area contributed by atoms with Crippen LogP contribution in [0.2, 0.25) is 0 Å². The van der Waals surface area contributed by atoms with E-state index in [1.165, 1.54) is 0 Å². The summed E-state index contributed by atoms with van der Waals surface area (Å²) in [6.45, 7) is 4.59. The van der Waals surface area contributed by atoms with Crippen LogP contribution in [-0.4, -0.2) is 13.7 Å². The predicted octanol–water partition coefficient (Wildman–Crippen LogP) is 3.80. The van der Waals surface area contributed by atoms with Gasteiger partial charge in [-0.15, -0.1) is 0 Å². The molecule has 1 aromatic carbocycles. The zero-order valence-electron chi connectivity index (χ0n) is 11.2. The van der Waals surface area contributed by atoms with Gasteiger partial charge in [-0.1, -0.05) is 19.4 Å². The summed E-state index contributed by atoms with van der Waals surface area (Å²) in [4.78, 5) is 0. The summed E-state index contributed by atoms with van der Waals surface area (Å²) >= 11 is 0. The Morgan fingerprint density at radius 3 is 2.78 bits per heavy atom. The summed E-state index contributed by atoms with van der Waals surface area (Å²) in [5.41, 5.74) is 1.60. The molecule has 18 heavy (non-hydrogen) atoms. The first kappa shape index (κ1) is 14.1. The first-order valence-electron chi connectivity index (χ1n) is 6.10. The number of rotatable bonds is 6. The molecule has 0 N–H and O–H groups in total. The van der Waals surface area contributed by atoms with Gasteiger partial charge in [0.05, 0.1) is 19.8 Å². The highest BCUT2D eigenvalue weighted by atomic mass is 16.5. The zero-order chi connectivity index (χ0) is 13.4. The molecule has 0 saturated heterocycles. The smallest absolute Gasteiger partial charge is 0.161 e. The van der Waals surface area contributed by atoms with E-state index >= 15 is 0 Å². The Morgan fingerprint density at radius 2 is 2.17 bits per heavy atom. The van der Waals surface area contributed by atoms with Gasteiger partial charge in [0.15, 0.2) is 11.5 Å². The maximum absolute atomic E-state index is 8.75. The Labute approximate surface area is 109 Å². The van der Waals surface area contributed by atoms with Gasteiger partial charge in [-0.05, 0) is 37.1 Å². The van der Waals surface area contributed by atoms with Crippen LogP contribution >= 0.6 is 0 Å². The Kier molecular flexibility index (Phi) is 5.79. The fraction of sp³-hybridized carbons (Fsp3) is 0.400. The zero-order valence-corrected chi connectivity index (χ0v) is 11.2. The van der Waals surface area contributed by atoms with Gasteiger partial charge >= 0.3 is 0 Å². The van der Waals surface area contributed by atoms with E-state index in [9.17, 15) is 0 Å². The lowest BCUT2D eigenvalue weighted by molar-refractivity contribution is 0.288. The number of ether oxygens (including phenoxy) is 2. The van der Waals surface area contributed by atoms with Crippen molar-refractivity contribution in [1.29, 1.82) is 5.26 Å². The lowest BCUT2D eigenvalue weighted by Crippen LogP contribution is -1.98. The van der Waals surface area contributed by atoms with Crippen LogP contribution < -0.4 is 9.47 Å². The fourth-order valence-corrected chi connectivity index (χ4v) is 1.50. The molecule has 0 bridgehead atoms. The van der Waals surface area contributed by atoms with Crippen molar-refractivity contribution in [2.45, 2.75) is 26.7 Å². The monoisotopic (exact) mass is 245 g/mol. The molecule has 3 heteroatoms. The van der Waals surface area contributed by atoms with E-state index in [4.69, 9.17) is 14.7 Å². The summed E-state index contributed by atoms with van der Waals surface area (Å²) in [5, 5.41) is 8.75. The predicted molar refractivity (Wildman–Crippen MR) is 72.7 cm³/mol. The molecule has 0 aliphatic carbocycles. The van der Waals surface area contributed by atoms with Crippen LogP contribution in [0, 0.1) is 11.3 Å². The topological polar surface area (TPSA) is 42.2 Å². The summed E-state index contributed by atoms with van der Waals surface area (Å²) in [6, 6.07) is 7.77. The Bertz CT molecular complexity index is 458. The lowest BCUT2D eigenvalue weighted by Gasteiger charge is -2.11. The summed E-state index contributed by atoms with van der Waals surface area (Å²) in [7, 11) is 1.62. The molecule has 1 aromatic rings. The van der Waals surface area contributed by atoms with Crippen LogP contribution in [0.1, 0.15) is 32.3 Å². The van der Waals surface area contributed by atoms with Crippen molar-refractivity contribution in [1.82, 2.24) is 0 Å². The van der Waals surface area contributed by atoms with Crippen LogP contribution in [-0.2, 0) is 0 Å². The molecular weight excluding hydrogens is 226 g/mol. The van der Waals surface area contributed by atoms with E-state index < -0.39 is 0 Å². The van der Waals surface area contributed by atoms with Gasteiger partial charge in [-0.3, -0.25) is 0 Å². The third kappa shape index (κ3) is 4.14. The fourth-order valence-electron chi connectivity index (χ4n) is 1.50. The van der Waals surface area contributed by atoms with E-state index in [-0.39, 0.29) is 0 Å². The molecule has 0 amide bonds. The van der Waals surface area contributed by atoms with Crippen LogP contribution in [0.4, 0.5) is 0 Å². The molecule has 0 aliphatic heterocycles. The molecule has 0 saturated carbocycles. The highest BCUT2D eigenvalue weighted by Crippen LogP contribution is 2.29. The van der Waals surface area contributed by atoms with E-state index in [2.05, 4.69) is 13.0 Å². The van der Waals surface area contributed by atoms with Crippen molar-refractivity contribution in [2.24, 2.45) is 0 Å². The van der Waals surface area contributed by atoms with E-state index in [0.29, 0.717) is 17.9 Å². The normalized spacial score (nSPS) is 10.9. The Morgan fingerprint density at radius 1 is 1.39 bits per heavy atom. The van der Waals surface area contributed by atoms with Gasteiger partial charge in [0.1, 0.15) is 0 Å². The minimum absolute atomic E-state index is 0.664. The number of allylic oxidation sites excluding steroid dienone is 1. The van der Waals surface area contributed by atoms with E-state index in [0.717, 1.165) is 24.2 Å². The van der Waals surface area contributed by atoms with Crippen molar-refractivity contribution in [3.63, 3.8) is 0 Å². The quantitative estimate of drug-likeness (QED) is 0.565.